The van der Waals surface area contributed by atoms with Crippen molar-refractivity contribution in [2.75, 3.05) is 39.3 Å². The summed E-state index contributed by atoms with van der Waals surface area (Å²) in [5.41, 5.74) is 1.69. The number of benzene rings is 1. The molecule has 1 heterocycles. The Bertz CT molecular complexity index is 736. The second-order valence-corrected chi connectivity index (χ2v) is 9.03. The smallest absolute Gasteiger partial charge is 0.243 e. The van der Waals surface area contributed by atoms with Gasteiger partial charge in [0.05, 0.1) is 11.4 Å². The minimum atomic E-state index is -3.50. The molecule has 138 valence electrons. The van der Waals surface area contributed by atoms with Crippen molar-refractivity contribution >= 4 is 15.9 Å². The molecule has 1 saturated heterocycles. The van der Waals surface area contributed by atoms with E-state index in [2.05, 4.69) is 5.32 Å². The highest BCUT2D eigenvalue weighted by Crippen LogP contribution is 2.27. The van der Waals surface area contributed by atoms with Crippen LogP contribution in [0.2, 0.25) is 0 Å². The Labute approximate surface area is 150 Å². The number of amides is 1. The lowest BCUT2D eigenvalue weighted by Crippen LogP contribution is -2.52. The summed E-state index contributed by atoms with van der Waals surface area (Å²) in [5.74, 6) is 0.803. The third-order valence-electron chi connectivity index (χ3n) is 4.96. The van der Waals surface area contributed by atoms with E-state index >= 15 is 0 Å². The van der Waals surface area contributed by atoms with E-state index in [0.717, 1.165) is 23.6 Å². The summed E-state index contributed by atoms with van der Waals surface area (Å²) in [6.45, 7) is 6.57. The van der Waals surface area contributed by atoms with Crippen molar-refractivity contribution in [3.63, 3.8) is 0 Å². The van der Waals surface area contributed by atoms with Crippen LogP contribution in [0.5, 0.6) is 0 Å². The van der Waals surface area contributed by atoms with E-state index in [1.165, 1.54) is 17.1 Å². The average Bonchev–Trinajstić information content (AvgIpc) is 3.41. The maximum absolute atomic E-state index is 12.9. The predicted molar refractivity (Wildman–Crippen MR) is 96.8 cm³/mol. The van der Waals surface area contributed by atoms with Crippen LogP contribution < -0.4 is 5.32 Å². The maximum atomic E-state index is 12.9. The van der Waals surface area contributed by atoms with Gasteiger partial charge < -0.3 is 10.2 Å². The van der Waals surface area contributed by atoms with E-state index in [1.54, 1.807) is 11.0 Å². The second kappa shape index (κ2) is 7.43. The lowest BCUT2D eigenvalue weighted by Gasteiger charge is -2.34. The molecule has 1 aromatic rings. The Morgan fingerprint density at radius 1 is 1.16 bits per heavy atom. The molecule has 0 aromatic heterocycles. The van der Waals surface area contributed by atoms with Crippen LogP contribution in [0.15, 0.2) is 23.1 Å². The molecule has 0 atom stereocenters. The van der Waals surface area contributed by atoms with E-state index in [0.29, 0.717) is 37.6 Å². The Morgan fingerprint density at radius 2 is 1.84 bits per heavy atom. The first-order valence-corrected chi connectivity index (χ1v) is 10.4. The minimum Gasteiger partial charge on any atom is -0.339 e. The summed E-state index contributed by atoms with van der Waals surface area (Å²) < 4.78 is 27.3. The molecule has 1 N–H and O–H groups in total. The van der Waals surface area contributed by atoms with Crippen LogP contribution >= 0.6 is 0 Å². The van der Waals surface area contributed by atoms with Crippen molar-refractivity contribution in [1.82, 2.24) is 14.5 Å². The summed E-state index contributed by atoms with van der Waals surface area (Å²) in [5, 5.41) is 3.20. The summed E-state index contributed by atoms with van der Waals surface area (Å²) in [6, 6.07) is 5.48. The SMILES string of the molecule is Cc1ccc(C)c(S(=O)(=O)N2CCN(C(=O)CNCC3CC3)CC2)c1. The highest BCUT2D eigenvalue weighted by molar-refractivity contribution is 7.89. The van der Waals surface area contributed by atoms with Gasteiger partial charge in [-0.3, -0.25) is 4.79 Å². The molecule has 25 heavy (non-hydrogen) atoms. The summed E-state index contributed by atoms with van der Waals surface area (Å²) in [7, 11) is -3.50. The number of sulfonamides is 1. The van der Waals surface area contributed by atoms with Crippen molar-refractivity contribution in [2.45, 2.75) is 31.6 Å². The Kier molecular flexibility index (Phi) is 5.46. The zero-order valence-electron chi connectivity index (χ0n) is 15.0. The van der Waals surface area contributed by atoms with E-state index in [9.17, 15) is 13.2 Å². The van der Waals surface area contributed by atoms with Gasteiger partial charge in [-0.25, -0.2) is 8.42 Å². The van der Waals surface area contributed by atoms with E-state index in [-0.39, 0.29) is 5.91 Å². The fourth-order valence-electron chi connectivity index (χ4n) is 3.12. The molecule has 2 fully saturated rings. The van der Waals surface area contributed by atoms with Crippen molar-refractivity contribution in [1.29, 1.82) is 0 Å². The molecule has 1 aromatic carbocycles. The quantitative estimate of drug-likeness (QED) is 0.821. The van der Waals surface area contributed by atoms with Gasteiger partial charge in [-0.05, 0) is 56.3 Å². The van der Waals surface area contributed by atoms with Crippen LogP contribution in [0, 0.1) is 19.8 Å². The van der Waals surface area contributed by atoms with Gasteiger partial charge in [-0.2, -0.15) is 4.31 Å². The average molecular weight is 365 g/mol. The Balaban J connectivity index is 1.57. The van der Waals surface area contributed by atoms with Gasteiger partial charge in [0.15, 0.2) is 0 Å². The van der Waals surface area contributed by atoms with Gasteiger partial charge >= 0.3 is 0 Å². The number of rotatable bonds is 6. The second-order valence-electron chi connectivity index (χ2n) is 7.13. The first kappa shape index (κ1) is 18.4. The van der Waals surface area contributed by atoms with Crippen molar-refractivity contribution in [2.24, 2.45) is 5.92 Å². The number of carbonyl (C=O) groups is 1. The largest absolute Gasteiger partial charge is 0.339 e. The standard InChI is InChI=1S/C18H27N3O3S/c1-14-3-4-15(2)17(11-14)25(23,24)21-9-7-20(8-10-21)18(22)13-19-12-16-5-6-16/h3-4,11,16,19H,5-10,12-13H2,1-2H3. The number of aryl methyl sites for hydroxylation is 2. The fraction of sp³-hybridized carbons (Fsp3) is 0.611. The molecule has 2 aliphatic rings. The lowest BCUT2D eigenvalue weighted by atomic mass is 10.2. The molecular weight excluding hydrogens is 338 g/mol. The molecule has 1 saturated carbocycles. The third kappa shape index (κ3) is 4.40. The molecule has 1 aliphatic carbocycles. The van der Waals surface area contributed by atoms with Gasteiger partial charge in [-0.1, -0.05) is 12.1 Å². The van der Waals surface area contributed by atoms with Gasteiger partial charge in [0.1, 0.15) is 0 Å². The van der Waals surface area contributed by atoms with Gasteiger partial charge in [0.2, 0.25) is 15.9 Å². The van der Waals surface area contributed by atoms with E-state index in [4.69, 9.17) is 0 Å². The van der Waals surface area contributed by atoms with Gasteiger partial charge in [0, 0.05) is 26.2 Å². The topological polar surface area (TPSA) is 69.7 Å². The minimum absolute atomic E-state index is 0.0597. The van der Waals surface area contributed by atoms with Crippen LogP contribution in [0.3, 0.4) is 0 Å². The zero-order valence-corrected chi connectivity index (χ0v) is 15.8. The van der Waals surface area contributed by atoms with E-state index < -0.39 is 10.0 Å². The highest BCUT2D eigenvalue weighted by atomic mass is 32.2. The first-order valence-electron chi connectivity index (χ1n) is 8.94. The summed E-state index contributed by atoms with van der Waals surface area (Å²) >= 11 is 0. The van der Waals surface area contributed by atoms with Crippen LogP contribution in [-0.2, 0) is 14.8 Å². The monoisotopic (exact) mass is 365 g/mol. The number of carbonyl (C=O) groups excluding carboxylic acids is 1. The van der Waals surface area contributed by atoms with Crippen molar-refractivity contribution in [3.8, 4) is 0 Å². The number of hydrogen-bond donors (Lipinski definition) is 1. The Hall–Kier alpha value is -1.44. The van der Waals surface area contributed by atoms with Crippen LogP contribution in [0.1, 0.15) is 24.0 Å². The molecule has 6 nitrogen and oxygen atoms in total. The number of nitrogens with zero attached hydrogens (tertiary/aromatic N) is 2. The fourth-order valence-corrected chi connectivity index (χ4v) is 4.85. The van der Waals surface area contributed by atoms with Crippen LogP contribution in [0.4, 0.5) is 0 Å². The molecule has 0 spiro atoms. The highest BCUT2D eigenvalue weighted by Gasteiger charge is 2.31. The van der Waals surface area contributed by atoms with Gasteiger partial charge in [0.25, 0.3) is 0 Å². The third-order valence-corrected chi connectivity index (χ3v) is 7.00. The maximum Gasteiger partial charge on any atom is 0.243 e. The molecule has 1 amide bonds. The molecule has 0 radical (unpaired) electrons. The molecular formula is C18H27N3O3S. The molecule has 3 rings (SSSR count). The lowest BCUT2D eigenvalue weighted by molar-refractivity contribution is -0.131. The number of nitrogens with one attached hydrogen (secondary N) is 1. The molecule has 0 unspecified atom stereocenters. The van der Waals surface area contributed by atoms with Crippen LogP contribution in [-0.4, -0.2) is 62.8 Å². The molecule has 1 aliphatic heterocycles. The Morgan fingerprint density at radius 3 is 2.48 bits per heavy atom. The summed E-state index contributed by atoms with van der Waals surface area (Å²) in [6.07, 6.45) is 2.52. The van der Waals surface area contributed by atoms with Crippen molar-refractivity contribution in [3.05, 3.63) is 29.3 Å². The molecule has 7 heteroatoms. The summed E-state index contributed by atoms with van der Waals surface area (Å²) in [4.78, 5) is 14.4. The zero-order chi connectivity index (χ0) is 18.0. The predicted octanol–water partition coefficient (Wildman–Crippen LogP) is 1.14. The van der Waals surface area contributed by atoms with Crippen LogP contribution in [0.25, 0.3) is 0 Å². The van der Waals surface area contributed by atoms with Gasteiger partial charge in [-0.15, -0.1) is 0 Å². The number of hydrogen-bond acceptors (Lipinski definition) is 4. The van der Waals surface area contributed by atoms with Crippen molar-refractivity contribution < 1.29 is 13.2 Å². The normalized spacial score (nSPS) is 19.2. The van der Waals surface area contributed by atoms with E-state index in [1.807, 2.05) is 26.0 Å². The molecule has 0 bridgehead atoms. The first-order chi connectivity index (χ1) is 11.9. The number of piperazine rings is 1.